The number of pyridine rings is 2. The number of aromatic nitrogens is 2. The maximum atomic E-state index is 5.10. The molecule has 0 fully saturated rings. The molecule has 192 valence electrons. The third-order valence-corrected chi connectivity index (χ3v) is 9.24. The third-order valence-electron chi connectivity index (χ3n) is 9.24. The van der Waals surface area contributed by atoms with Gasteiger partial charge < -0.3 is 0 Å². The number of hydrogen-bond acceptors (Lipinski definition) is 1. The van der Waals surface area contributed by atoms with E-state index in [1.165, 1.54) is 87.8 Å². The van der Waals surface area contributed by atoms with Crippen LogP contribution in [-0.4, -0.2) is 4.98 Å². The van der Waals surface area contributed by atoms with Crippen molar-refractivity contribution in [3.05, 3.63) is 132 Å². The van der Waals surface area contributed by atoms with Crippen LogP contribution >= 0.6 is 0 Å². The molecule has 2 aromatic heterocycles. The Morgan fingerprint density at radius 3 is 2.10 bits per heavy atom. The first-order valence-corrected chi connectivity index (χ1v) is 14.4. The molecule has 9 rings (SSSR count). The van der Waals surface area contributed by atoms with Crippen LogP contribution in [0, 0.1) is 13.8 Å². The molecule has 41 heavy (non-hydrogen) atoms. The number of nitrogens with zero attached hydrogens (tertiary/aromatic N) is 2. The van der Waals surface area contributed by atoms with Crippen LogP contribution in [0.4, 0.5) is 0 Å². The molecule has 6 aromatic carbocycles. The summed E-state index contributed by atoms with van der Waals surface area (Å²) < 4.78 is 2.44. The Labute approximate surface area is 238 Å². The van der Waals surface area contributed by atoms with Crippen LogP contribution in [0.5, 0.6) is 0 Å². The van der Waals surface area contributed by atoms with Crippen molar-refractivity contribution in [3.8, 4) is 11.3 Å². The fourth-order valence-electron chi connectivity index (χ4n) is 7.47. The number of allylic oxidation sites excluding steroid dienone is 1. The molecule has 0 unspecified atom stereocenters. The summed E-state index contributed by atoms with van der Waals surface area (Å²) in [6.45, 7) is 4.45. The van der Waals surface area contributed by atoms with E-state index >= 15 is 0 Å². The van der Waals surface area contributed by atoms with E-state index in [0.717, 1.165) is 11.9 Å². The topological polar surface area (TPSA) is 16.8 Å². The lowest BCUT2D eigenvalue weighted by atomic mass is 9.86. The summed E-state index contributed by atoms with van der Waals surface area (Å²) in [7, 11) is 0. The minimum atomic E-state index is 0.891. The van der Waals surface area contributed by atoms with Crippen molar-refractivity contribution in [2.75, 3.05) is 0 Å². The Kier molecular flexibility index (Phi) is 4.55. The molecular formula is C39H27N2+. The highest BCUT2D eigenvalue weighted by Gasteiger charge is 2.30. The van der Waals surface area contributed by atoms with Gasteiger partial charge in [0.1, 0.15) is 0 Å². The third kappa shape index (κ3) is 3.02. The molecule has 0 radical (unpaired) electrons. The highest BCUT2D eigenvalue weighted by Crippen LogP contribution is 2.45. The quantitative estimate of drug-likeness (QED) is 0.119. The number of aryl methyl sites for hydroxylation is 2. The zero-order valence-corrected chi connectivity index (χ0v) is 23.1. The van der Waals surface area contributed by atoms with Crippen LogP contribution in [0.1, 0.15) is 22.4 Å². The van der Waals surface area contributed by atoms with Crippen molar-refractivity contribution in [3.63, 3.8) is 0 Å². The fourth-order valence-corrected chi connectivity index (χ4v) is 7.47. The van der Waals surface area contributed by atoms with Crippen LogP contribution in [0.2, 0.25) is 0 Å². The molecule has 0 atom stereocenters. The van der Waals surface area contributed by atoms with Crippen LogP contribution in [0.25, 0.3) is 77.0 Å². The van der Waals surface area contributed by atoms with E-state index in [2.05, 4.69) is 128 Å². The van der Waals surface area contributed by atoms with E-state index < -0.39 is 0 Å². The molecule has 0 saturated carbocycles. The normalized spacial score (nSPS) is 14.0. The van der Waals surface area contributed by atoms with Gasteiger partial charge in [-0.2, -0.15) is 4.57 Å². The lowest BCUT2D eigenvalue weighted by molar-refractivity contribution is -0.578. The Morgan fingerprint density at radius 2 is 1.27 bits per heavy atom. The first-order chi connectivity index (χ1) is 20.2. The Morgan fingerprint density at radius 1 is 0.610 bits per heavy atom. The molecule has 1 aliphatic rings. The largest absolute Gasteiger partial charge is 0.256 e. The monoisotopic (exact) mass is 523 g/mol. The molecule has 0 aliphatic carbocycles. The van der Waals surface area contributed by atoms with Crippen LogP contribution in [0.3, 0.4) is 0 Å². The highest BCUT2D eigenvalue weighted by molar-refractivity contribution is 6.39. The van der Waals surface area contributed by atoms with Gasteiger partial charge in [0.05, 0.1) is 17.5 Å². The molecule has 0 bridgehead atoms. The maximum absolute atomic E-state index is 5.10. The van der Waals surface area contributed by atoms with Crippen LogP contribution < -0.4 is 4.57 Å². The minimum absolute atomic E-state index is 0.891. The summed E-state index contributed by atoms with van der Waals surface area (Å²) in [4.78, 5) is 5.10. The molecule has 2 nitrogen and oxygen atoms in total. The smallest absolute Gasteiger partial charge is 0.218 e. The lowest BCUT2D eigenvalue weighted by Gasteiger charge is -2.20. The summed E-state index contributed by atoms with van der Waals surface area (Å²) in [5, 5.41) is 11.5. The first kappa shape index (κ1) is 22.7. The van der Waals surface area contributed by atoms with E-state index in [-0.39, 0.29) is 0 Å². The minimum Gasteiger partial charge on any atom is -0.256 e. The van der Waals surface area contributed by atoms with E-state index in [0.29, 0.717) is 0 Å². The highest BCUT2D eigenvalue weighted by atomic mass is 15.0. The predicted molar refractivity (Wildman–Crippen MR) is 172 cm³/mol. The van der Waals surface area contributed by atoms with E-state index in [9.17, 15) is 0 Å². The number of fused-ring (bicyclic) bond motifs is 9. The van der Waals surface area contributed by atoms with Crippen molar-refractivity contribution < 1.29 is 4.57 Å². The van der Waals surface area contributed by atoms with Gasteiger partial charge in [-0.1, -0.05) is 72.8 Å². The van der Waals surface area contributed by atoms with E-state index in [1.54, 1.807) is 0 Å². The maximum Gasteiger partial charge on any atom is 0.218 e. The second-order valence-electron chi connectivity index (χ2n) is 11.4. The number of benzene rings is 6. The summed E-state index contributed by atoms with van der Waals surface area (Å²) in [5.74, 6) is 0. The Bertz CT molecular complexity index is 2410. The number of hydrogen-bond donors (Lipinski definition) is 0. The molecule has 1 aliphatic heterocycles. The van der Waals surface area contributed by atoms with Gasteiger partial charge in [0.25, 0.3) is 0 Å². The van der Waals surface area contributed by atoms with Crippen molar-refractivity contribution in [1.82, 2.24) is 4.98 Å². The van der Waals surface area contributed by atoms with Gasteiger partial charge in [-0.3, -0.25) is 4.98 Å². The zero-order chi connectivity index (χ0) is 27.2. The van der Waals surface area contributed by atoms with Crippen molar-refractivity contribution in [2.24, 2.45) is 0 Å². The summed E-state index contributed by atoms with van der Waals surface area (Å²) >= 11 is 0. The second-order valence-corrected chi connectivity index (χ2v) is 11.4. The second kappa shape index (κ2) is 8.22. The van der Waals surface area contributed by atoms with Crippen LogP contribution in [0.15, 0.2) is 109 Å². The zero-order valence-electron chi connectivity index (χ0n) is 23.1. The van der Waals surface area contributed by atoms with Crippen molar-refractivity contribution in [2.45, 2.75) is 20.3 Å². The molecule has 0 amide bonds. The first-order valence-electron chi connectivity index (χ1n) is 14.4. The fraction of sp³-hybridized carbons (Fsp3) is 0.0769. The molecular weight excluding hydrogens is 496 g/mol. The van der Waals surface area contributed by atoms with Crippen molar-refractivity contribution in [1.29, 1.82) is 0 Å². The van der Waals surface area contributed by atoms with Gasteiger partial charge >= 0.3 is 0 Å². The van der Waals surface area contributed by atoms with Gasteiger partial charge in [0.2, 0.25) is 5.69 Å². The average Bonchev–Trinajstić information content (AvgIpc) is 3.01. The average molecular weight is 524 g/mol. The van der Waals surface area contributed by atoms with Gasteiger partial charge in [-0.05, 0) is 74.1 Å². The number of rotatable bonds is 1. The molecule has 2 heteroatoms. The van der Waals surface area contributed by atoms with Gasteiger partial charge in [-0.25, -0.2) is 0 Å². The molecule has 0 N–H and O–H groups in total. The summed E-state index contributed by atoms with van der Waals surface area (Å²) in [6, 6.07) is 37.8. The van der Waals surface area contributed by atoms with Crippen LogP contribution in [-0.2, 0) is 6.42 Å². The molecule has 0 spiro atoms. The molecule has 8 aromatic rings. The van der Waals surface area contributed by atoms with Crippen molar-refractivity contribution >= 4 is 65.8 Å². The predicted octanol–water partition coefficient (Wildman–Crippen LogP) is 9.41. The SMILES string of the molecule is Cc1cccc2c1C/C(=C/c1cccc3c4cccc5c6ccccc6c6ccnc(c13)c6c54)[n+]1c(C)cccc1-2. The van der Waals surface area contributed by atoms with E-state index in [1.807, 2.05) is 6.20 Å². The standard InChI is InChI=1S/C39H27N2/c1-23-9-5-14-29-34(23)22-26(41-24(2)10-6-18-35(29)41)21-25-11-7-15-31-32-17-8-16-30-27-12-3-4-13-28(27)33-19-20-40-39(36(25)31)38(33)37(30)32/h3-21H,22H2,1-2H3/q+1/b26-21-. The van der Waals surface area contributed by atoms with Gasteiger partial charge in [0, 0.05) is 47.5 Å². The van der Waals surface area contributed by atoms with Gasteiger partial charge in [0.15, 0.2) is 11.4 Å². The molecule has 3 heterocycles. The molecule has 0 saturated heterocycles. The van der Waals surface area contributed by atoms with Gasteiger partial charge in [-0.15, -0.1) is 0 Å². The Hall–Kier alpha value is -5.08. The summed E-state index contributed by atoms with van der Waals surface area (Å²) in [6.07, 6.45) is 5.30. The van der Waals surface area contributed by atoms with E-state index in [4.69, 9.17) is 4.98 Å². The lowest BCUT2D eigenvalue weighted by Crippen LogP contribution is -2.41. The Balaban J connectivity index is 1.43. The summed E-state index contributed by atoms with van der Waals surface area (Å²) in [5.41, 5.74) is 10.2.